The van der Waals surface area contributed by atoms with E-state index in [2.05, 4.69) is 15.3 Å². The average Bonchev–Trinajstić information content (AvgIpc) is 3.14. The van der Waals surface area contributed by atoms with Crippen molar-refractivity contribution in [2.24, 2.45) is 7.05 Å². The number of rotatable bonds is 3. The van der Waals surface area contributed by atoms with Crippen LogP contribution in [0.5, 0.6) is 0 Å². The van der Waals surface area contributed by atoms with E-state index in [0.717, 1.165) is 21.3 Å². The first-order chi connectivity index (χ1) is 12.0. The van der Waals surface area contributed by atoms with E-state index in [1.54, 1.807) is 24.0 Å². The first-order valence-corrected chi connectivity index (χ1v) is 8.51. The van der Waals surface area contributed by atoms with Crippen molar-refractivity contribution in [2.45, 2.75) is 13.5 Å². The maximum absolute atomic E-state index is 12.4. The molecule has 0 aliphatic carbocycles. The Balaban J connectivity index is 1.57. The molecule has 0 saturated heterocycles. The molecule has 0 radical (unpaired) electrons. The predicted octanol–water partition coefficient (Wildman–Crippen LogP) is 2.29. The predicted molar refractivity (Wildman–Crippen MR) is 98.0 cm³/mol. The number of aryl methyl sites for hydroxylation is 2. The number of imidazole rings is 1. The van der Waals surface area contributed by atoms with Gasteiger partial charge >= 0.3 is 0 Å². The van der Waals surface area contributed by atoms with Gasteiger partial charge in [0.25, 0.3) is 5.56 Å². The number of carbonyl (C=O) groups excluding carboxylic acids is 1. The summed E-state index contributed by atoms with van der Waals surface area (Å²) in [4.78, 5) is 32.6. The van der Waals surface area contributed by atoms with Gasteiger partial charge in [-0.2, -0.15) is 0 Å². The fraction of sp³-hybridized carbons (Fsp3) is 0.176. The summed E-state index contributed by atoms with van der Waals surface area (Å²) in [5, 5.41) is 3.40. The number of hydrogen-bond donors (Lipinski definition) is 1. The van der Waals surface area contributed by atoms with Crippen molar-refractivity contribution in [2.75, 3.05) is 5.32 Å². The molecule has 4 rings (SSSR count). The van der Waals surface area contributed by atoms with Crippen LogP contribution >= 0.6 is 11.3 Å². The van der Waals surface area contributed by atoms with E-state index < -0.39 is 0 Å². The number of amides is 1. The zero-order valence-electron chi connectivity index (χ0n) is 13.7. The molecule has 7 nitrogen and oxygen atoms in total. The lowest BCUT2D eigenvalue weighted by Gasteiger charge is -2.04. The molecular formula is C17H15N5O2S. The second-order valence-corrected chi connectivity index (χ2v) is 6.88. The molecule has 126 valence electrons. The molecule has 25 heavy (non-hydrogen) atoms. The minimum absolute atomic E-state index is 0.101. The van der Waals surface area contributed by atoms with Gasteiger partial charge in [0, 0.05) is 13.1 Å². The van der Waals surface area contributed by atoms with Crippen molar-refractivity contribution in [3.63, 3.8) is 0 Å². The largest absolute Gasteiger partial charge is 0.320 e. The smallest absolute Gasteiger partial charge is 0.252 e. The molecule has 0 aliphatic heterocycles. The highest BCUT2D eigenvalue weighted by Gasteiger charge is 2.12. The van der Waals surface area contributed by atoms with Crippen LogP contribution in [0.2, 0.25) is 0 Å². The Bertz CT molecular complexity index is 1170. The van der Waals surface area contributed by atoms with Gasteiger partial charge in [0.2, 0.25) is 5.91 Å². The molecule has 8 heteroatoms. The lowest BCUT2D eigenvalue weighted by Crippen LogP contribution is -2.19. The van der Waals surface area contributed by atoms with Crippen molar-refractivity contribution in [3.05, 3.63) is 52.6 Å². The second kappa shape index (κ2) is 5.82. The van der Waals surface area contributed by atoms with Crippen molar-refractivity contribution >= 4 is 43.8 Å². The van der Waals surface area contributed by atoms with Gasteiger partial charge in [-0.1, -0.05) is 17.4 Å². The summed E-state index contributed by atoms with van der Waals surface area (Å²) in [6.07, 6.45) is 1.56. The van der Waals surface area contributed by atoms with E-state index in [0.29, 0.717) is 10.8 Å². The third-order valence-electron chi connectivity index (χ3n) is 3.99. The molecular weight excluding hydrogens is 338 g/mol. The maximum atomic E-state index is 12.4. The van der Waals surface area contributed by atoms with E-state index in [1.807, 2.05) is 25.1 Å². The summed E-state index contributed by atoms with van der Waals surface area (Å²) in [6.45, 7) is 2.12. The number of benzene rings is 1. The Hall–Kier alpha value is -3.00. The van der Waals surface area contributed by atoms with Gasteiger partial charge in [0.1, 0.15) is 6.54 Å². The second-order valence-electron chi connectivity index (χ2n) is 5.85. The quantitative estimate of drug-likeness (QED) is 0.613. The maximum Gasteiger partial charge on any atom is 0.252 e. The summed E-state index contributed by atoms with van der Waals surface area (Å²) in [5.74, 6) is -0.191. The Morgan fingerprint density at radius 3 is 2.96 bits per heavy atom. The minimum atomic E-state index is -0.191. The molecule has 0 saturated carbocycles. The van der Waals surface area contributed by atoms with Crippen LogP contribution in [0.3, 0.4) is 0 Å². The van der Waals surface area contributed by atoms with Gasteiger partial charge in [0.05, 0.1) is 22.1 Å². The van der Waals surface area contributed by atoms with E-state index in [-0.39, 0.29) is 18.0 Å². The monoisotopic (exact) mass is 353 g/mol. The summed E-state index contributed by atoms with van der Waals surface area (Å²) in [7, 11) is 1.66. The van der Waals surface area contributed by atoms with Crippen LogP contribution in [0.4, 0.5) is 5.13 Å². The van der Waals surface area contributed by atoms with Gasteiger partial charge < -0.3 is 9.88 Å². The van der Waals surface area contributed by atoms with Gasteiger partial charge in [0.15, 0.2) is 10.8 Å². The molecule has 0 spiro atoms. The van der Waals surface area contributed by atoms with Crippen LogP contribution in [0.15, 0.2) is 41.5 Å². The summed E-state index contributed by atoms with van der Waals surface area (Å²) in [6, 6.07) is 9.13. The first-order valence-electron chi connectivity index (χ1n) is 7.69. The fourth-order valence-corrected chi connectivity index (χ4v) is 3.68. The molecule has 0 atom stereocenters. The van der Waals surface area contributed by atoms with E-state index >= 15 is 0 Å². The number of pyridine rings is 1. The van der Waals surface area contributed by atoms with Crippen molar-refractivity contribution in [3.8, 4) is 0 Å². The molecule has 1 amide bonds. The Labute approximate surface area is 146 Å². The number of anilines is 1. The number of aromatic nitrogens is 4. The summed E-state index contributed by atoms with van der Waals surface area (Å²) in [5.41, 5.74) is 3.18. The summed E-state index contributed by atoms with van der Waals surface area (Å²) < 4.78 is 4.21. The van der Waals surface area contributed by atoms with Crippen LogP contribution in [0, 0.1) is 6.92 Å². The molecule has 4 aromatic rings. The molecule has 3 heterocycles. The highest BCUT2D eigenvalue weighted by Crippen LogP contribution is 2.26. The van der Waals surface area contributed by atoms with Gasteiger partial charge in [-0.15, -0.1) is 0 Å². The first kappa shape index (κ1) is 15.5. The molecule has 1 N–H and O–H groups in total. The summed E-state index contributed by atoms with van der Waals surface area (Å²) >= 11 is 1.45. The number of carbonyl (C=O) groups is 1. The van der Waals surface area contributed by atoms with Crippen LogP contribution in [-0.2, 0) is 18.4 Å². The SMILES string of the molecule is Cc1ccc2nc(NC(=O)Cn3cnc4c3ccc(=O)n4C)sc2c1. The third kappa shape index (κ3) is 2.80. The molecule has 0 fully saturated rings. The van der Waals surface area contributed by atoms with Crippen LogP contribution in [-0.4, -0.2) is 25.0 Å². The van der Waals surface area contributed by atoms with Gasteiger partial charge in [-0.05, 0) is 30.7 Å². The average molecular weight is 353 g/mol. The Morgan fingerprint density at radius 2 is 2.12 bits per heavy atom. The van der Waals surface area contributed by atoms with Crippen molar-refractivity contribution in [1.82, 2.24) is 19.1 Å². The lowest BCUT2D eigenvalue weighted by molar-refractivity contribution is -0.116. The number of fused-ring (bicyclic) bond motifs is 2. The standard InChI is InChI=1S/C17H15N5O2S/c1-10-3-4-11-13(7-10)25-17(19-11)20-14(23)8-22-9-18-16-12(22)5-6-15(24)21(16)2/h3-7,9H,8H2,1-2H3,(H,19,20,23). The zero-order valence-corrected chi connectivity index (χ0v) is 14.5. The Kier molecular flexibility index (Phi) is 3.61. The molecule has 0 unspecified atom stereocenters. The van der Waals surface area contributed by atoms with E-state index in [4.69, 9.17) is 0 Å². The topological polar surface area (TPSA) is 81.8 Å². The number of thiazole rings is 1. The van der Waals surface area contributed by atoms with E-state index in [1.165, 1.54) is 22.0 Å². The van der Waals surface area contributed by atoms with Crippen LogP contribution in [0.25, 0.3) is 21.4 Å². The highest BCUT2D eigenvalue weighted by atomic mass is 32.1. The molecule has 0 bridgehead atoms. The molecule has 0 aliphatic rings. The number of hydrogen-bond acceptors (Lipinski definition) is 5. The van der Waals surface area contributed by atoms with Crippen LogP contribution < -0.4 is 10.9 Å². The minimum Gasteiger partial charge on any atom is -0.320 e. The zero-order chi connectivity index (χ0) is 17.6. The number of nitrogens with zero attached hydrogens (tertiary/aromatic N) is 4. The van der Waals surface area contributed by atoms with Gasteiger partial charge in [-0.3, -0.25) is 14.2 Å². The van der Waals surface area contributed by atoms with Crippen molar-refractivity contribution < 1.29 is 4.79 Å². The fourth-order valence-electron chi connectivity index (χ4n) is 2.70. The number of nitrogens with one attached hydrogen (secondary N) is 1. The Morgan fingerprint density at radius 1 is 1.28 bits per heavy atom. The normalized spacial score (nSPS) is 11.3. The van der Waals surface area contributed by atoms with Crippen molar-refractivity contribution in [1.29, 1.82) is 0 Å². The lowest BCUT2D eigenvalue weighted by atomic mass is 10.2. The molecule has 1 aromatic carbocycles. The van der Waals surface area contributed by atoms with Gasteiger partial charge in [-0.25, -0.2) is 9.97 Å². The molecule has 3 aromatic heterocycles. The highest BCUT2D eigenvalue weighted by molar-refractivity contribution is 7.22. The third-order valence-corrected chi connectivity index (χ3v) is 4.93. The van der Waals surface area contributed by atoms with Crippen LogP contribution in [0.1, 0.15) is 5.56 Å². The van der Waals surface area contributed by atoms with E-state index in [9.17, 15) is 9.59 Å².